The summed E-state index contributed by atoms with van der Waals surface area (Å²) >= 11 is 3.23. The molecule has 0 bridgehead atoms. The van der Waals surface area contributed by atoms with Crippen LogP contribution >= 0.6 is 15.9 Å². The standard InChI is InChI=1S/C13H14BrN3O3S/c1-8-3-4-13(16-7-8)17-21(18,19)12-6-10(15)9(14)5-11(12)20-2/h3-7H,15H2,1-2H3,(H,16,17). The third-order valence-electron chi connectivity index (χ3n) is 2.72. The number of pyridine rings is 1. The second kappa shape index (κ2) is 5.90. The first kappa shape index (κ1) is 15.6. The van der Waals surface area contributed by atoms with Crippen LogP contribution in [-0.2, 0) is 10.0 Å². The molecule has 3 N–H and O–H groups in total. The van der Waals surface area contributed by atoms with Gasteiger partial charge in [0.1, 0.15) is 16.5 Å². The number of ether oxygens (including phenoxy) is 1. The van der Waals surface area contributed by atoms with Crippen molar-refractivity contribution in [3.05, 3.63) is 40.5 Å². The molecule has 0 fully saturated rings. The lowest BCUT2D eigenvalue weighted by Gasteiger charge is -2.12. The molecule has 0 saturated heterocycles. The molecule has 1 heterocycles. The second-order valence-corrected chi connectivity index (χ2v) is 6.86. The number of anilines is 2. The van der Waals surface area contributed by atoms with Crippen LogP contribution in [0.4, 0.5) is 11.5 Å². The van der Waals surface area contributed by atoms with E-state index in [9.17, 15) is 8.42 Å². The fourth-order valence-electron chi connectivity index (χ4n) is 1.64. The Morgan fingerprint density at radius 1 is 1.33 bits per heavy atom. The molecule has 2 aromatic rings. The average Bonchev–Trinajstić information content (AvgIpc) is 2.43. The predicted octanol–water partition coefficient (Wildman–Crippen LogP) is 2.54. The zero-order chi connectivity index (χ0) is 15.6. The maximum absolute atomic E-state index is 12.4. The van der Waals surface area contributed by atoms with Gasteiger partial charge in [-0.25, -0.2) is 13.4 Å². The van der Waals surface area contributed by atoms with Gasteiger partial charge in [-0.15, -0.1) is 0 Å². The minimum absolute atomic E-state index is 0.0481. The Balaban J connectivity index is 2.44. The SMILES string of the molecule is COc1cc(Br)c(N)cc1S(=O)(=O)Nc1ccc(C)cn1. The number of hydrogen-bond donors (Lipinski definition) is 2. The van der Waals surface area contributed by atoms with Gasteiger partial charge in [-0.05, 0) is 46.6 Å². The van der Waals surface area contributed by atoms with Gasteiger partial charge in [-0.3, -0.25) is 4.72 Å². The van der Waals surface area contributed by atoms with Gasteiger partial charge in [-0.1, -0.05) is 6.07 Å². The quantitative estimate of drug-likeness (QED) is 0.805. The lowest BCUT2D eigenvalue weighted by molar-refractivity contribution is 0.402. The van der Waals surface area contributed by atoms with Crippen molar-refractivity contribution >= 4 is 37.5 Å². The van der Waals surface area contributed by atoms with Crippen molar-refractivity contribution < 1.29 is 13.2 Å². The summed E-state index contributed by atoms with van der Waals surface area (Å²) in [6.07, 6.45) is 1.57. The highest BCUT2D eigenvalue weighted by Gasteiger charge is 2.21. The van der Waals surface area contributed by atoms with Gasteiger partial charge in [0, 0.05) is 16.4 Å². The van der Waals surface area contributed by atoms with Gasteiger partial charge in [0.05, 0.1) is 7.11 Å². The third kappa shape index (κ3) is 3.45. The van der Waals surface area contributed by atoms with E-state index in [-0.39, 0.29) is 16.5 Å². The van der Waals surface area contributed by atoms with E-state index >= 15 is 0 Å². The Morgan fingerprint density at radius 3 is 2.62 bits per heavy atom. The first-order valence-corrected chi connectivity index (χ1v) is 8.19. The normalized spacial score (nSPS) is 11.2. The van der Waals surface area contributed by atoms with Crippen LogP contribution in [0.5, 0.6) is 5.75 Å². The van der Waals surface area contributed by atoms with Crippen LogP contribution in [-0.4, -0.2) is 20.5 Å². The van der Waals surface area contributed by atoms with Crippen LogP contribution in [0.2, 0.25) is 0 Å². The van der Waals surface area contributed by atoms with E-state index < -0.39 is 10.0 Å². The van der Waals surface area contributed by atoms with Crippen LogP contribution in [0, 0.1) is 6.92 Å². The van der Waals surface area contributed by atoms with Crippen LogP contribution in [0.25, 0.3) is 0 Å². The first-order chi connectivity index (χ1) is 9.83. The van der Waals surface area contributed by atoms with Crippen LogP contribution in [0.15, 0.2) is 39.8 Å². The lowest BCUT2D eigenvalue weighted by atomic mass is 10.3. The van der Waals surface area contributed by atoms with Gasteiger partial charge in [0.25, 0.3) is 10.0 Å². The number of sulfonamides is 1. The molecule has 0 aliphatic carbocycles. The maximum Gasteiger partial charge on any atom is 0.266 e. The summed E-state index contributed by atoms with van der Waals surface area (Å²) in [5.41, 5.74) is 6.98. The summed E-state index contributed by atoms with van der Waals surface area (Å²) < 4.78 is 32.9. The summed E-state index contributed by atoms with van der Waals surface area (Å²) in [6, 6.07) is 6.19. The van der Waals surface area contributed by atoms with Crippen molar-refractivity contribution in [3.63, 3.8) is 0 Å². The number of benzene rings is 1. The number of nitrogen functional groups attached to an aromatic ring is 1. The largest absolute Gasteiger partial charge is 0.495 e. The van der Waals surface area contributed by atoms with Crippen molar-refractivity contribution in [1.29, 1.82) is 0 Å². The van der Waals surface area contributed by atoms with Crippen molar-refractivity contribution in [1.82, 2.24) is 4.98 Å². The smallest absolute Gasteiger partial charge is 0.266 e. The van der Waals surface area contributed by atoms with Crippen molar-refractivity contribution in [3.8, 4) is 5.75 Å². The highest BCUT2D eigenvalue weighted by molar-refractivity contribution is 9.10. The van der Waals surface area contributed by atoms with Crippen LogP contribution in [0.1, 0.15) is 5.56 Å². The number of halogens is 1. The summed E-state index contributed by atoms with van der Waals surface area (Å²) in [5, 5.41) is 0. The Hall–Kier alpha value is -1.80. The van der Waals surface area contributed by atoms with Crippen molar-refractivity contribution in [2.24, 2.45) is 0 Å². The summed E-state index contributed by atoms with van der Waals surface area (Å²) in [6.45, 7) is 1.86. The summed E-state index contributed by atoms with van der Waals surface area (Å²) in [5.74, 6) is 0.417. The molecule has 0 unspecified atom stereocenters. The van der Waals surface area contributed by atoms with Gasteiger partial charge in [0.15, 0.2) is 0 Å². The molecule has 0 atom stereocenters. The number of hydrogen-bond acceptors (Lipinski definition) is 5. The third-order valence-corrected chi connectivity index (χ3v) is 4.79. The Morgan fingerprint density at radius 2 is 2.05 bits per heavy atom. The zero-order valence-electron chi connectivity index (χ0n) is 11.4. The number of nitrogens with two attached hydrogens (primary N) is 1. The topological polar surface area (TPSA) is 94.3 Å². The molecule has 1 aromatic carbocycles. The predicted molar refractivity (Wildman–Crippen MR) is 84.9 cm³/mol. The Kier molecular flexibility index (Phi) is 4.38. The second-order valence-electron chi connectivity index (χ2n) is 4.35. The molecule has 0 radical (unpaired) electrons. The molecule has 8 heteroatoms. The highest BCUT2D eigenvalue weighted by Crippen LogP contribution is 2.33. The molecule has 21 heavy (non-hydrogen) atoms. The van der Waals surface area contributed by atoms with Crippen molar-refractivity contribution in [2.45, 2.75) is 11.8 Å². The van der Waals surface area contributed by atoms with E-state index in [1.54, 1.807) is 18.3 Å². The monoisotopic (exact) mass is 371 g/mol. The molecule has 0 saturated carbocycles. The fraction of sp³-hybridized carbons (Fsp3) is 0.154. The molecule has 6 nitrogen and oxygen atoms in total. The van der Waals surface area contributed by atoms with E-state index in [2.05, 4.69) is 25.6 Å². The molecule has 0 spiro atoms. The molecular formula is C13H14BrN3O3S. The molecule has 0 aliphatic heterocycles. The average molecular weight is 372 g/mol. The lowest BCUT2D eigenvalue weighted by Crippen LogP contribution is -2.15. The van der Waals surface area contributed by atoms with Gasteiger partial charge < -0.3 is 10.5 Å². The fourth-order valence-corrected chi connectivity index (χ4v) is 3.16. The molecule has 2 rings (SSSR count). The number of aryl methyl sites for hydroxylation is 1. The molecule has 0 amide bonds. The Bertz CT molecular complexity index is 761. The summed E-state index contributed by atoms with van der Waals surface area (Å²) in [4.78, 5) is 3.96. The van der Waals surface area contributed by atoms with Gasteiger partial charge in [-0.2, -0.15) is 0 Å². The minimum atomic E-state index is -3.85. The van der Waals surface area contributed by atoms with Gasteiger partial charge in [0.2, 0.25) is 0 Å². The van der Waals surface area contributed by atoms with Gasteiger partial charge >= 0.3 is 0 Å². The number of nitrogens with one attached hydrogen (secondary N) is 1. The maximum atomic E-state index is 12.4. The summed E-state index contributed by atoms with van der Waals surface area (Å²) in [7, 11) is -2.46. The minimum Gasteiger partial charge on any atom is -0.495 e. The van der Waals surface area contributed by atoms with E-state index in [4.69, 9.17) is 10.5 Å². The van der Waals surface area contributed by atoms with E-state index in [0.29, 0.717) is 10.2 Å². The Labute approximate surface area is 131 Å². The first-order valence-electron chi connectivity index (χ1n) is 5.92. The van der Waals surface area contributed by atoms with E-state index in [0.717, 1.165) is 5.56 Å². The number of aromatic nitrogens is 1. The van der Waals surface area contributed by atoms with Crippen LogP contribution in [0.3, 0.4) is 0 Å². The zero-order valence-corrected chi connectivity index (χ0v) is 13.8. The number of rotatable bonds is 4. The van der Waals surface area contributed by atoms with E-state index in [1.807, 2.05) is 6.92 Å². The molecule has 0 aliphatic rings. The molecular weight excluding hydrogens is 358 g/mol. The number of methoxy groups -OCH3 is 1. The molecule has 1 aromatic heterocycles. The molecule has 112 valence electrons. The number of nitrogens with zero attached hydrogens (tertiary/aromatic N) is 1. The van der Waals surface area contributed by atoms with Crippen molar-refractivity contribution in [2.75, 3.05) is 17.6 Å². The van der Waals surface area contributed by atoms with Crippen LogP contribution < -0.4 is 15.2 Å². The van der Waals surface area contributed by atoms with E-state index in [1.165, 1.54) is 19.2 Å². The highest BCUT2D eigenvalue weighted by atomic mass is 79.9.